The predicted octanol–water partition coefficient (Wildman–Crippen LogP) is 2.61. The molecule has 1 heterocycles. The molecule has 5 nitrogen and oxygen atoms in total. The van der Waals surface area contributed by atoms with Gasteiger partial charge in [0.15, 0.2) is 5.69 Å². The fourth-order valence-electron chi connectivity index (χ4n) is 1.73. The van der Waals surface area contributed by atoms with Crippen LogP contribution in [0, 0.1) is 18.3 Å². The zero-order chi connectivity index (χ0) is 14.5. The monoisotopic (exact) mass is 268 g/mol. The number of ether oxygens (including phenoxy) is 1. The second-order valence-corrected chi connectivity index (χ2v) is 4.71. The molecular weight excluding hydrogens is 252 g/mol. The molecule has 5 heteroatoms. The largest absolute Gasteiger partial charge is 0.487 e. The lowest BCUT2D eigenvalue weighted by Gasteiger charge is -2.08. The molecule has 0 saturated heterocycles. The summed E-state index contributed by atoms with van der Waals surface area (Å²) in [6.45, 7) is 8.55. The maximum Gasteiger partial charge on any atom is 0.189 e. The van der Waals surface area contributed by atoms with Crippen molar-refractivity contribution in [2.45, 2.75) is 27.0 Å². The van der Waals surface area contributed by atoms with Gasteiger partial charge >= 0.3 is 0 Å². The van der Waals surface area contributed by atoms with E-state index in [4.69, 9.17) is 10.00 Å². The fraction of sp³-hybridized carbons (Fsp3) is 0.267. The Bertz CT molecular complexity index is 650. The van der Waals surface area contributed by atoms with Crippen molar-refractivity contribution in [1.29, 1.82) is 5.26 Å². The highest BCUT2D eigenvalue weighted by molar-refractivity contribution is 5.28. The van der Waals surface area contributed by atoms with Crippen LogP contribution in [0.4, 0.5) is 0 Å². The maximum absolute atomic E-state index is 9.06. The summed E-state index contributed by atoms with van der Waals surface area (Å²) in [6.07, 6.45) is 0. The Morgan fingerprint density at radius 1 is 1.40 bits per heavy atom. The van der Waals surface area contributed by atoms with Crippen LogP contribution in [0.3, 0.4) is 0 Å². The van der Waals surface area contributed by atoms with E-state index >= 15 is 0 Å². The van der Waals surface area contributed by atoms with E-state index in [1.54, 1.807) is 4.68 Å². The Morgan fingerprint density at radius 3 is 2.70 bits per heavy atom. The van der Waals surface area contributed by atoms with E-state index in [2.05, 4.69) is 16.9 Å². The highest BCUT2D eigenvalue weighted by atomic mass is 16.5. The van der Waals surface area contributed by atoms with Crippen molar-refractivity contribution in [1.82, 2.24) is 15.0 Å². The minimum atomic E-state index is 0.256. The molecule has 0 bridgehead atoms. The molecule has 1 aromatic carbocycles. The molecule has 2 aromatic rings. The summed E-state index contributed by atoms with van der Waals surface area (Å²) in [5.41, 5.74) is 3.06. The number of benzene rings is 1. The van der Waals surface area contributed by atoms with Crippen LogP contribution in [-0.2, 0) is 13.2 Å². The van der Waals surface area contributed by atoms with Crippen LogP contribution in [0.25, 0.3) is 0 Å². The Kier molecular flexibility index (Phi) is 4.16. The van der Waals surface area contributed by atoms with Gasteiger partial charge in [-0.1, -0.05) is 35.1 Å². The number of aryl methyl sites for hydroxylation is 1. The fourth-order valence-corrected chi connectivity index (χ4v) is 1.73. The van der Waals surface area contributed by atoms with Gasteiger partial charge in [0.2, 0.25) is 0 Å². The molecule has 20 heavy (non-hydrogen) atoms. The van der Waals surface area contributed by atoms with Crippen molar-refractivity contribution in [3.8, 4) is 11.8 Å². The maximum atomic E-state index is 9.06. The summed E-state index contributed by atoms with van der Waals surface area (Å²) in [7, 11) is 0. The summed E-state index contributed by atoms with van der Waals surface area (Å²) in [4.78, 5) is 0. The molecular formula is C15H16N4O. The van der Waals surface area contributed by atoms with Crippen LogP contribution in [-0.4, -0.2) is 15.0 Å². The van der Waals surface area contributed by atoms with Crippen LogP contribution in [0.2, 0.25) is 0 Å². The molecule has 0 saturated carbocycles. The van der Waals surface area contributed by atoms with E-state index in [1.807, 2.05) is 44.2 Å². The molecule has 0 fully saturated rings. The van der Waals surface area contributed by atoms with Gasteiger partial charge < -0.3 is 4.74 Å². The van der Waals surface area contributed by atoms with Gasteiger partial charge in [-0.3, -0.25) is 0 Å². The lowest BCUT2D eigenvalue weighted by atomic mass is 10.2. The van der Waals surface area contributed by atoms with Crippen molar-refractivity contribution in [3.05, 3.63) is 53.4 Å². The van der Waals surface area contributed by atoms with E-state index in [0.29, 0.717) is 17.9 Å². The quantitative estimate of drug-likeness (QED) is 0.782. The summed E-state index contributed by atoms with van der Waals surface area (Å²) < 4.78 is 7.34. The van der Waals surface area contributed by atoms with E-state index < -0.39 is 0 Å². The molecule has 2 rings (SSSR count). The van der Waals surface area contributed by atoms with Gasteiger partial charge in [-0.25, -0.2) is 4.68 Å². The van der Waals surface area contributed by atoms with Crippen LogP contribution in [0.15, 0.2) is 36.4 Å². The zero-order valence-electron chi connectivity index (χ0n) is 11.6. The van der Waals surface area contributed by atoms with Crippen molar-refractivity contribution < 1.29 is 4.74 Å². The second kappa shape index (κ2) is 6.02. The normalized spacial score (nSPS) is 10.1. The molecule has 1 aromatic heterocycles. The van der Waals surface area contributed by atoms with Gasteiger partial charge in [0, 0.05) is 0 Å². The van der Waals surface area contributed by atoms with Gasteiger partial charge in [0.1, 0.15) is 24.1 Å². The zero-order valence-corrected chi connectivity index (χ0v) is 11.6. The number of nitrogens with zero attached hydrogens (tertiary/aromatic N) is 4. The first kappa shape index (κ1) is 13.8. The highest BCUT2D eigenvalue weighted by Gasteiger charge is 2.13. The SMILES string of the molecule is C=C(C)Cn1nnc(C#N)c1COc1ccc(C)cc1. The van der Waals surface area contributed by atoms with E-state index in [0.717, 1.165) is 11.3 Å². The molecule has 0 N–H and O–H groups in total. The minimum absolute atomic E-state index is 0.256. The summed E-state index contributed by atoms with van der Waals surface area (Å²) >= 11 is 0. The Balaban J connectivity index is 2.15. The average molecular weight is 268 g/mol. The lowest BCUT2D eigenvalue weighted by molar-refractivity contribution is 0.292. The van der Waals surface area contributed by atoms with Crippen molar-refractivity contribution in [3.63, 3.8) is 0 Å². The van der Waals surface area contributed by atoms with Crippen molar-refractivity contribution in [2.75, 3.05) is 0 Å². The summed E-state index contributed by atoms with van der Waals surface area (Å²) in [5.74, 6) is 0.752. The first-order valence-corrected chi connectivity index (χ1v) is 6.26. The second-order valence-electron chi connectivity index (χ2n) is 4.71. The molecule has 0 spiro atoms. The third-order valence-electron chi connectivity index (χ3n) is 2.76. The third kappa shape index (κ3) is 3.23. The number of hydrogen-bond donors (Lipinski definition) is 0. The highest BCUT2D eigenvalue weighted by Crippen LogP contribution is 2.15. The number of aromatic nitrogens is 3. The van der Waals surface area contributed by atoms with Crippen LogP contribution < -0.4 is 4.74 Å². The molecule has 0 aliphatic rings. The van der Waals surface area contributed by atoms with E-state index in [-0.39, 0.29) is 6.61 Å². The standard InChI is InChI=1S/C15H16N4O/c1-11(2)9-19-15(14(8-16)17-18-19)10-20-13-6-4-12(3)5-7-13/h4-7H,1,9-10H2,2-3H3. The number of hydrogen-bond acceptors (Lipinski definition) is 4. The van der Waals surface area contributed by atoms with E-state index in [9.17, 15) is 0 Å². The smallest absolute Gasteiger partial charge is 0.189 e. The first-order valence-electron chi connectivity index (χ1n) is 6.26. The van der Waals surface area contributed by atoms with Gasteiger partial charge in [-0.2, -0.15) is 5.26 Å². The van der Waals surface area contributed by atoms with Crippen molar-refractivity contribution in [2.24, 2.45) is 0 Å². The molecule has 102 valence electrons. The number of allylic oxidation sites excluding steroid dienone is 1. The molecule has 0 unspecified atom stereocenters. The van der Waals surface area contributed by atoms with Crippen LogP contribution in [0.5, 0.6) is 5.75 Å². The summed E-state index contributed by atoms with van der Waals surface area (Å²) in [5, 5.41) is 16.9. The molecule has 0 aliphatic heterocycles. The van der Waals surface area contributed by atoms with Gasteiger partial charge in [0.25, 0.3) is 0 Å². The van der Waals surface area contributed by atoms with Gasteiger partial charge in [0.05, 0.1) is 6.54 Å². The molecule has 0 radical (unpaired) electrons. The molecule has 0 aliphatic carbocycles. The topological polar surface area (TPSA) is 63.7 Å². The Labute approximate surface area is 118 Å². The first-order chi connectivity index (χ1) is 9.60. The average Bonchev–Trinajstić information content (AvgIpc) is 2.79. The van der Waals surface area contributed by atoms with E-state index in [1.165, 1.54) is 5.56 Å². The van der Waals surface area contributed by atoms with Gasteiger partial charge in [-0.15, -0.1) is 5.10 Å². The molecule has 0 amide bonds. The van der Waals surface area contributed by atoms with Crippen LogP contribution in [0.1, 0.15) is 23.9 Å². The predicted molar refractivity (Wildman–Crippen MR) is 75.1 cm³/mol. The third-order valence-corrected chi connectivity index (χ3v) is 2.76. The number of nitriles is 1. The lowest BCUT2D eigenvalue weighted by Crippen LogP contribution is -2.09. The Morgan fingerprint density at radius 2 is 2.10 bits per heavy atom. The summed E-state index contributed by atoms with van der Waals surface area (Å²) in [6, 6.07) is 9.78. The molecule has 0 atom stereocenters. The van der Waals surface area contributed by atoms with Gasteiger partial charge in [-0.05, 0) is 26.0 Å². The van der Waals surface area contributed by atoms with Crippen LogP contribution >= 0.6 is 0 Å². The minimum Gasteiger partial charge on any atom is -0.487 e. The number of rotatable bonds is 5. The van der Waals surface area contributed by atoms with Crippen molar-refractivity contribution >= 4 is 0 Å². The Hall–Kier alpha value is -2.61.